The lowest BCUT2D eigenvalue weighted by molar-refractivity contribution is -0.141. The van der Waals surface area contributed by atoms with E-state index in [2.05, 4.69) is 33.2 Å². The quantitative estimate of drug-likeness (QED) is 0.234. The average Bonchev–Trinajstić information content (AvgIpc) is 3.79. The van der Waals surface area contributed by atoms with Gasteiger partial charge in [0, 0.05) is 56.6 Å². The highest BCUT2D eigenvalue weighted by atomic mass is 16.4. The molecule has 11 heteroatoms. The van der Waals surface area contributed by atoms with Crippen molar-refractivity contribution in [3.8, 4) is 28.7 Å². The number of likely N-dealkylation sites (N-methyl/N-ethyl adjacent to an activating group) is 1. The number of imidazole rings is 1. The number of amides is 1. The lowest BCUT2D eigenvalue weighted by atomic mass is 9.93. The number of anilines is 1. The Morgan fingerprint density at radius 2 is 1.79 bits per heavy atom. The van der Waals surface area contributed by atoms with Crippen LogP contribution in [0.4, 0.5) is 5.69 Å². The summed E-state index contributed by atoms with van der Waals surface area (Å²) in [6.07, 6.45) is 1.48. The van der Waals surface area contributed by atoms with Crippen molar-refractivity contribution in [3.05, 3.63) is 88.0 Å². The van der Waals surface area contributed by atoms with Gasteiger partial charge in [0.25, 0.3) is 5.91 Å². The zero-order valence-corrected chi connectivity index (χ0v) is 27.5. The molecule has 0 unspecified atom stereocenters. The molecule has 4 heterocycles. The van der Waals surface area contributed by atoms with Gasteiger partial charge in [-0.25, -0.2) is 9.97 Å². The molecule has 244 valence electrons. The third-order valence-electron chi connectivity index (χ3n) is 9.78. The number of aliphatic carboxylic acids is 1. The minimum atomic E-state index is -0.771. The molecule has 7 rings (SSSR count). The van der Waals surface area contributed by atoms with E-state index in [0.717, 1.165) is 64.3 Å². The van der Waals surface area contributed by atoms with E-state index in [1.807, 2.05) is 67.9 Å². The second-order valence-electron chi connectivity index (χ2n) is 13.0. The Hall–Kier alpha value is -5.31. The van der Waals surface area contributed by atoms with E-state index < -0.39 is 5.97 Å². The van der Waals surface area contributed by atoms with Crippen LogP contribution in [-0.2, 0) is 31.4 Å². The lowest BCUT2D eigenvalue weighted by Gasteiger charge is -2.21. The maximum atomic E-state index is 13.5. The van der Waals surface area contributed by atoms with Crippen molar-refractivity contribution in [3.63, 3.8) is 0 Å². The molecule has 1 atom stereocenters. The van der Waals surface area contributed by atoms with Gasteiger partial charge in [-0.3, -0.25) is 14.5 Å². The second-order valence-corrected chi connectivity index (χ2v) is 13.0. The highest BCUT2D eigenvalue weighted by Crippen LogP contribution is 2.37. The fourth-order valence-electron chi connectivity index (χ4n) is 7.08. The van der Waals surface area contributed by atoms with Gasteiger partial charge in [0.15, 0.2) is 11.4 Å². The number of carbonyl (C=O) groups excluding carboxylic acids is 1. The Bertz CT molecular complexity index is 2140. The summed E-state index contributed by atoms with van der Waals surface area (Å²) in [7, 11) is 3.96. The number of carboxylic acid groups (broad SMARTS) is 1. The molecule has 2 aromatic heterocycles. The number of hydrogen-bond donors (Lipinski definition) is 2. The molecule has 0 aliphatic carbocycles. The monoisotopic (exact) mass is 643 g/mol. The molecule has 48 heavy (non-hydrogen) atoms. The third-order valence-corrected chi connectivity index (χ3v) is 9.78. The smallest absolute Gasteiger partial charge is 0.307 e. The van der Waals surface area contributed by atoms with Crippen LogP contribution in [0.25, 0.3) is 33.7 Å². The predicted octanol–water partition coefficient (Wildman–Crippen LogP) is 5.53. The van der Waals surface area contributed by atoms with Crippen LogP contribution in [0.3, 0.4) is 0 Å². The number of nitrogens with one attached hydrogen (secondary N) is 1. The van der Waals surface area contributed by atoms with Gasteiger partial charge >= 0.3 is 5.97 Å². The highest BCUT2D eigenvalue weighted by Gasteiger charge is 2.28. The van der Waals surface area contributed by atoms with Crippen LogP contribution in [0.5, 0.6) is 0 Å². The first kappa shape index (κ1) is 31.3. The molecule has 1 amide bonds. The fraction of sp³-hybridized carbons (Fsp3) is 0.324. The molecule has 3 aromatic carbocycles. The van der Waals surface area contributed by atoms with Crippen molar-refractivity contribution in [2.75, 3.05) is 32.0 Å². The van der Waals surface area contributed by atoms with Crippen molar-refractivity contribution < 1.29 is 19.1 Å². The summed E-state index contributed by atoms with van der Waals surface area (Å²) in [5, 5.41) is 22.4. The number of carboxylic acids is 1. The summed E-state index contributed by atoms with van der Waals surface area (Å²) in [5.41, 5.74) is 9.68. The van der Waals surface area contributed by atoms with Crippen molar-refractivity contribution in [1.82, 2.24) is 24.3 Å². The van der Waals surface area contributed by atoms with Crippen molar-refractivity contribution in [2.45, 2.75) is 39.8 Å². The normalized spacial score (nSPS) is 16.6. The van der Waals surface area contributed by atoms with E-state index in [4.69, 9.17) is 9.40 Å². The Kier molecular flexibility index (Phi) is 8.07. The molecule has 11 nitrogen and oxygen atoms in total. The molecule has 5 aromatic rings. The fourth-order valence-corrected chi connectivity index (χ4v) is 7.08. The average molecular weight is 644 g/mol. The van der Waals surface area contributed by atoms with E-state index >= 15 is 0 Å². The number of likely N-dealkylation sites (tertiary alicyclic amines) is 1. The van der Waals surface area contributed by atoms with Gasteiger partial charge in [-0.15, -0.1) is 0 Å². The van der Waals surface area contributed by atoms with Crippen LogP contribution >= 0.6 is 0 Å². The summed E-state index contributed by atoms with van der Waals surface area (Å²) in [5.74, 6) is -0.569. The maximum Gasteiger partial charge on any atom is 0.307 e. The number of oxazole rings is 1. The van der Waals surface area contributed by atoms with Crippen molar-refractivity contribution >= 4 is 28.7 Å². The first-order chi connectivity index (χ1) is 23.1. The van der Waals surface area contributed by atoms with Crippen LogP contribution in [0.15, 0.2) is 52.9 Å². The van der Waals surface area contributed by atoms with Gasteiger partial charge < -0.3 is 24.3 Å². The molecule has 2 aliphatic rings. The first-order valence-electron chi connectivity index (χ1n) is 16.1. The Morgan fingerprint density at radius 3 is 2.54 bits per heavy atom. The molecule has 2 aliphatic heterocycles. The summed E-state index contributed by atoms with van der Waals surface area (Å²) < 4.78 is 8.14. The minimum Gasteiger partial charge on any atom is -0.481 e. The van der Waals surface area contributed by atoms with E-state index in [1.54, 1.807) is 6.07 Å². The maximum absolute atomic E-state index is 13.5. The van der Waals surface area contributed by atoms with E-state index in [-0.39, 0.29) is 11.8 Å². The van der Waals surface area contributed by atoms with Gasteiger partial charge in [-0.2, -0.15) is 5.26 Å². The molecule has 0 radical (unpaired) electrons. The zero-order chi connectivity index (χ0) is 33.7. The second kappa shape index (κ2) is 12.4. The van der Waals surface area contributed by atoms with E-state index in [1.165, 1.54) is 0 Å². The standard InChI is InChI=1S/C37H37N7O4/c1-21-26(27-8-6-10-29(22(27)2)40-35(45)34-39-31-20-42(3)13-12-32(31)43(34)4)7-5-9-28(21)36-41-30-16-23(15-25(17-38)33(30)48-36)18-44-14-11-24(19-44)37(46)47/h5-10,15-16,24H,11-14,18-20H2,1-4H3,(H,40,45)(H,46,47)/t24-/m0/s1. The summed E-state index contributed by atoms with van der Waals surface area (Å²) >= 11 is 0. The minimum absolute atomic E-state index is 0.245. The molecule has 2 N–H and O–H groups in total. The van der Waals surface area contributed by atoms with E-state index in [0.29, 0.717) is 60.1 Å². The largest absolute Gasteiger partial charge is 0.481 e. The first-order valence-corrected chi connectivity index (χ1v) is 16.1. The number of hydrogen-bond acceptors (Lipinski definition) is 8. The molecule has 1 fully saturated rings. The van der Waals surface area contributed by atoms with Crippen LogP contribution in [-0.4, -0.2) is 68.0 Å². The van der Waals surface area contributed by atoms with Crippen LogP contribution in [0.1, 0.15) is 50.7 Å². The van der Waals surface area contributed by atoms with Gasteiger partial charge in [0.2, 0.25) is 5.89 Å². The molecule has 0 saturated carbocycles. The molecule has 0 bridgehead atoms. The van der Waals surface area contributed by atoms with Gasteiger partial charge in [0.05, 0.1) is 17.2 Å². The number of benzene rings is 3. The van der Waals surface area contributed by atoms with Crippen molar-refractivity contribution in [1.29, 1.82) is 5.26 Å². The molecule has 1 saturated heterocycles. The molecule has 0 spiro atoms. The number of carbonyl (C=O) groups is 2. The Balaban J connectivity index is 1.17. The number of rotatable bonds is 7. The third kappa shape index (κ3) is 5.63. The SMILES string of the molecule is Cc1c(NC(=O)c2nc3c(n2C)CCN(C)C3)cccc1-c1cccc(-c2nc3cc(CN4CC[C@H](C(=O)O)C4)cc(C#N)c3o2)c1C. The van der Waals surface area contributed by atoms with Crippen LogP contribution < -0.4 is 5.32 Å². The highest BCUT2D eigenvalue weighted by molar-refractivity contribution is 6.03. The van der Waals surface area contributed by atoms with Gasteiger partial charge in [0.1, 0.15) is 11.6 Å². The van der Waals surface area contributed by atoms with Crippen molar-refractivity contribution in [2.24, 2.45) is 13.0 Å². The molecular formula is C37H37N7O4. The van der Waals surface area contributed by atoms with Crippen LogP contribution in [0, 0.1) is 31.1 Å². The van der Waals surface area contributed by atoms with Gasteiger partial charge in [-0.05, 0) is 85.9 Å². The number of fused-ring (bicyclic) bond motifs is 2. The number of aromatic nitrogens is 3. The predicted molar refractivity (Wildman–Crippen MR) is 181 cm³/mol. The summed E-state index contributed by atoms with van der Waals surface area (Å²) in [4.78, 5) is 38.7. The topological polar surface area (TPSA) is 141 Å². The summed E-state index contributed by atoms with van der Waals surface area (Å²) in [6.45, 7) is 7.40. The van der Waals surface area contributed by atoms with Gasteiger partial charge in [-0.1, -0.05) is 24.3 Å². The Labute approximate surface area is 278 Å². The Morgan fingerprint density at radius 1 is 1.04 bits per heavy atom. The van der Waals surface area contributed by atoms with E-state index in [9.17, 15) is 20.0 Å². The zero-order valence-electron chi connectivity index (χ0n) is 27.5. The lowest BCUT2D eigenvalue weighted by Crippen LogP contribution is -2.27. The summed E-state index contributed by atoms with van der Waals surface area (Å²) in [6, 6.07) is 17.8. The number of nitrogens with zero attached hydrogens (tertiary/aromatic N) is 6. The van der Waals surface area contributed by atoms with Crippen LogP contribution in [0.2, 0.25) is 0 Å². The molecular weight excluding hydrogens is 606 g/mol. The number of nitriles is 1.